The molecule has 6 nitrogen and oxygen atoms in total. The van der Waals surface area contributed by atoms with Crippen LogP contribution in [0.4, 0.5) is 30.7 Å². The molecule has 3 atom stereocenters. The monoisotopic (exact) mass is 691 g/mol. The minimum Gasteiger partial charge on any atom is -0.346 e. The lowest BCUT2D eigenvalue weighted by Gasteiger charge is -2.21. The van der Waals surface area contributed by atoms with Crippen molar-refractivity contribution in [3.05, 3.63) is 80.7 Å². The predicted octanol–water partition coefficient (Wildman–Crippen LogP) is 7.14. The van der Waals surface area contributed by atoms with Crippen LogP contribution in [0.15, 0.2) is 45.2 Å². The second-order valence-electron chi connectivity index (χ2n) is 9.88. The van der Waals surface area contributed by atoms with E-state index in [-0.39, 0.29) is 23.3 Å². The highest BCUT2D eigenvalue weighted by Gasteiger charge is 2.70. The number of benzene rings is 1. The molecular formula is C26H17BrF7N5OS2. The summed E-state index contributed by atoms with van der Waals surface area (Å²) in [6.45, 7) is 2.50. The van der Waals surface area contributed by atoms with Gasteiger partial charge in [0.2, 0.25) is 5.91 Å². The summed E-state index contributed by atoms with van der Waals surface area (Å²) in [5.74, 6) is -9.06. The summed E-state index contributed by atoms with van der Waals surface area (Å²) < 4.78 is 102. The minimum atomic E-state index is -5.03. The van der Waals surface area contributed by atoms with E-state index < -0.39 is 71.0 Å². The lowest BCUT2D eigenvalue weighted by molar-refractivity contribution is -0.142. The Kier molecular flexibility index (Phi) is 6.96. The maximum Gasteiger partial charge on any atom is 0.435 e. The van der Waals surface area contributed by atoms with E-state index in [0.29, 0.717) is 29.9 Å². The van der Waals surface area contributed by atoms with Crippen molar-refractivity contribution in [2.24, 2.45) is 5.92 Å². The number of thioether (sulfide) groups is 1. The van der Waals surface area contributed by atoms with Gasteiger partial charge in [-0.25, -0.2) is 18.7 Å². The van der Waals surface area contributed by atoms with Gasteiger partial charge < -0.3 is 5.32 Å². The molecule has 0 bridgehead atoms. The van der Waals surface area contributed by atoms with Crippen molar-refractivity contribution in [2.45, 2.75) is 41.4 Å². The Hall–Kier alpha value is -2.98. The van der Waals surface area contributed by atoms with E-state index in [1.165, 1.54) is 23.1 Å². The average molecular weight is 692 g/mol. The largest absolute Gasteiger partial charge is 0.435 e. The molecule has 1 saturated carbocycles. The van der Waals surface area contributed by atoms with Crippen LogP contribution in [0.3, 0.4) is 0 Å². The molecule has 220 valence electrons. The van der Waals surface area contributed by atoms with Gasteiger partial charge in [-0.3, -0.25) is 9.48 Å². The third kappa shape index (κ3) is 4.90. The summed E-state index contributed by atoms with van der Waals surface area (Å²) in [5, 5.41) is 5.97. The highest BCUT2D eigenvalue weighted by Crippen LogP contribution is 2.71. The van der Waals surface area contributed by atoms with Crippen molar-refractivity contribution in [3.63, 3.8) is 0 Å². The molecule has 3 aromatic heterocycles. The third-order valence-corrected chi connectivity index (χ3v) is 9.75. The molecule has 1 N–H and O–H groups in total. The molecular weight excluding hydrogens is 675 g/mol. The number of nitrogens with one attached hydrogen (secondary N) is 1. The van der Waals surface area contributed by atoms with Crippen LogP contribution in [0.25, 0.3) is 10.3 Å². The van der Waals surface area contributed by atoms with Gasteiger partial charge in [0.25, 0.3) is 5.92 Å². The van der Waals surface area contributed by atoms with E-state index in [1.54, 1.807) is 6.07 Å². The number of carbonyl (C=O) groups excluding carboxylic acids is 1. The quantitative estimate of drug-likeness (QED) is 0.127. The molecule has 6 rings (SSSR count). The zero-order valence-corrected chi connectivity index (χ0v) is 24.4. The summed E-state index contributed by atoms with van der Waals surface area (Å²) >= 11 is 6.16. The van der Waals surface area contributed by atoms with E-state index in [1.807, 2.05) is 6.26 Å². The van der Waals surface area contributed by atoms with Crippen LogP contribution in [-0.2, 0) is 29.9 Å². The number of hydrogen-bond donors (Lipinski definition) is 1. The molecule has 0 saturated heterocycles. The fraction of sp³-hybridized carbons (Fsp3) is 0.308. The number of carbonyl (C=O) groups is 1. The van der Waals surface area contributed by atoms with E-state index in [4.69, 9.17) is 0 Å². The van der Waals surface area contributed by atoms with Crippen LogP contribution in [0, 0.1) is 17.6 Å². The molecule has 1 aromatic carbocycles. The maximum absolute atomic E-state index is 15.1. The van der Waals surface area contributed by atoms with Gasteiger partial charge in [0.15, 0.2) is 15.7 Å². The Balaban J connectivity index is 1.36. The zero-order chi connectivity index (χ0) is 30.3. The Labute approximate surface area is 249 Å². The molecule has 42 heavy (non-hydrogen) atoms. The number of thiazole rings is 1. The Bertz CT molecular complexity index is 1770. The van der Waals surface area contributed by atoms with Crippen LogP contribution in [0.5, 0.6) is 0 Å². The van der Waals surface area contributed by atoms with Gasteiger partial charge in [-0.2, -0.15) is 27.1 Å². The molecule has 3 heterocycles. The first-order chi connectivity index (χ1) is 19.7. The van der Waals surface area contributed by atoms with Crippen molar-refractivity contribution in [2.75, 3.05) is 6.26 Å². The predicted molar refractivity (Wildman–Crippen MR) is 144 cm³/mol. The van der Waals surface area contributed by atoms with E-state index in [0.717, 1.165) is 12.1 Å². The first-order valence-corrected chi connectivity index (χ1v) is 15.0. The fourth-order valence-electron chi connectivity index (χ4n) is 5.42. The Morgan fingerprint density at radius 3 is 2.55 bits per heavy atom. The van der Waals surface area contributed by atoms with Gasteiger partial charge in [0, 0.05) is 22.0 Å². The molecule has 2 aliphatic carbocycles. The second-order valence-corrected chi connectivity index (χ2v) is 12.8. The number of allylic oxidation sites excluding steroid dienone is 1. The van der Waals surface area contributed by atoms with Crippen molar-refractivity contribution >= 4 is 55.3 Å². The van der Waals surface area contributed by atoms with Crippen LogP contribution >= 0.6 is 39.0 Å². The highest BCUT2D eigenvalue weighted by atomic mass is 79.9. The minimum absolute atomic E-state index is 0.0117. The number of rotatable bonds is 7. The number of pyridine rings is 1. The van der Waals surface area contributed by atoms with Crippen molar-refractivity contribution in [3.8, 4) is 0 Å². The second kappa shape index (κ2) is 10.0. The van der Waals surface area contributed by atoms with E-state index >= 15 is 8.78 Å². The summed E-state index contributed by atoms with van der Waals surface area (Å²) in [5.41, 5.74) is -2.43. The first-order valence-electron chi connectivity index (χ1n) is 12.2. The average Bonchev–Trinajstić information content (AvgIpc) is 3.14. The molecule has 0 spiro atoms. The van der Waals surface area contributed by atoms with Gasteiger partial charge in [0.05, 0.1) is 22.4 Å². The van der Waals surface area contributed by atoms with E-state index in [9.17, 15) is 26.7 Å². The SMILES string of the molecule is C=C1[C@@H]2c3c(C(F)(F)F)nn(CC(=O)NC(Cc4cc(F)cc(F)c4)c4nc5nc(SC)sc5cc4Br)c3C(F)(F)[C@H]12. The number of aromatic nitrogens is 4. The smallest absolute Gasteiger partial charge is 0.346 e. The summed E-state index contributed by atoms with van der Waals surface area (Å²) in [6.07, 6.45) is -3.40. The molecule has 1 fully saturated rings. The number of fused-ring (bicyclic) bond motifs is 4. The van der Waals surface area contributed by atoms with Crippen molar-refractivity contribution in [1.29, 1.82) is 0 Å². The van der Waals surface area contributed by atoms with Gasteiger partial charge >= 0.3 is 6.18 Å². The normalized spacial score (nSPS) is 19.6. The van der Waals surface area contributed by atoms with E-state index in [2.05, 4.69) is 42.9 Å². The number of nitrogens with zero attached hydrogens (tertiary/aromatic N) is 4. The van der Waals surface area contributed by atoms with Crippen LogP contribution < -0.4 is 5.32 Å². The number of amides is 1. The molecule has 4 aromatic rings. The lowest BCUT2D eigenvalue weighted by atomic mass is 10.0. The number of halogens is 8. The molecule has 1 unspecified atom stereocenters. The fourth-order valence-corrected chi connectivity index (χ4v) is 7.63. The van der Waals surface area contributed by atoms with Crippen LogP contribution in [0.2, 0.25) is 0 Å². The summed E-state index contributed by atoms with van der Waals surface area (Å²) in [7, 11) is 0. The van der Waals surface area contributed by atoms with Crippen LogP contribution in [-0.4, -0.2) is 31.9 Å². The van der Waals surface area contributed by atoms with Crippen molar-refractivity contribution < 1.29 is 35.5 Å². The van der Waals surface area contributed by atoms with Gasteiger partial charge in [0.1, 0.15) is 23.9 Å². The van der Waals surface area contributed by atoms with Gasteiger partial charge in [-0.1, -0.05) is 23.9 Å². The van der Waals surface area contributed by atoms with Gasteiger partial charge in [-0.15, -0.1) is 11.3 Å². The molecule has 0 aliphatic heterocycles. The summed E-state index contributed by atoms with van der Waals surface area (Å²) in [6, 6.07) is 3.40. The Morgan fingerprint density at radius 1 is 1.21 bits per heavy atom. The van der Waals surface area contributed by atoms with Crippen molar-refractivity contribution in [1.82, 2.24) is 25.1 Å². The lowest BCUT2D eigenvalue weighted by Crippen LogP contribution is -2.35. The maximum atomic E-state index is 15.1. The van der Waals surface area contributed by atoms with Gasteiger partial charge in [-0.05, 0) is 52.4 Å². The van der Waals surface area contributed by atoms with Crippen LogP contribution in [0.1, 0.15) is 40.2 Å². The number of hydrogen-bond acceptors (Lipinski definition) is 6. The molecule has 2 aliphatic rings. The molecule has 0 radical (unpaired) electrons. The standard InChI is InChI=1S/C26H17BrF7N5OS2/c1-9-17-18-21(26(32,33)34)38-39(22(18)25(30,31)19(9)17)8-16(40)35-14(5-10-3-11(28)6-12(29)4-10)20-13(27)7-15-23(36-20)37-24(41-2)42-15/h3-4,6-7,14,17,19H,1,5,8H2,2H3,(H,35,40)/t14?,17-,19-/m1/s1. The third-order valence-electron chi connectivity index (χ3n) is 7.14. The topological polar surface area (TPSA) is 72.7 Å². The summed E-state index contributed by atoms with van der Waals surface area (Å²) in [4.78, 5) is 22.2. The zero-order valence-electron chi connectivity index (χ0n) is 21.2. The first kappa shape index (κ1) is 29.1. The molecule has 16 heteroatoms. The highest BCUT2D eigenvalue weighted by molar-refractivity contribution is 9.10. The Morgan fingerprint density at radius 2 is 1.90 bits per heavy atom. The number of alkyl halides is 5. The molecule has 1 amide bonds.